The SMILES string of the molecule is NS(=O)(=O)c1ccc(C(=C[C@H]2CCC(=O)N2)c2ccc(C3CC3)c(=O)[nH]2)cc1Cl. The lowest BCUT2D eigenvalue weighted by Crippen LogP contribution is -2.23. The molecule has 1 aromatic heterocycles. The highest BCUT2D eigenvalue weighted by Gasteiger charge is 2.27. The van der Waals surface area contributed by atoms with E-state index in [0.717, 1.165) is 18.4 Å². The summed E-state index contributed by atoms with van der Waals surface area (Å²) in [7, 11) is -3.95. The average molecular weight is 434 g/mol. The van der Waals surface area contributed by atoms with E-state index < -0.39 is 10.0 Å². The van der Waals surface area contributed by atoms with E-state index >= 15 is 0 Å². The second-order valence-corrected chi connectivity index (χ2v) is 9.35. The van der Waals surface area contributed by atoms with Gasteiger partial charge in [-0.05, 0) is 48.9 Å². The molecule has 1 amide bonds. The van der Waals surface area contributed by atoms with Crippen molar-refractivity contribution in [2.75, 3.05) is 0 Å². The molecule has 0 unspecified atom stereocenters. The van der Waals surface area contributed by atoms with Gasteiger partial charge in [-0.15, -0.1) is 0 Å². The molecule has 0 spiro atoms. The summed E-state index contributed by atoms with van der Waals surface area (Å²) in [6.07, 6.45) is 4.95. The molecule has 2 aromatic rings. The first kappa shape index (κ1) is 19.9. The summed E-state index contributed by atoms with van der Waals surface area (Å²) in [5, 5.41) is 8.05. The molecule has 1 aromatic carbocycles. The summed E-state index contributed by atoms with van der Waals surface area (Å²) in [6, 6.07) is 7.89. The van der Waals surface area contributed by atoms with Gasteiger partial charge in [-0.1, -0.05) is 29.8 Å². The van der Waals surface area contributed by atoms with Crippen LogP contribution in [0, 0.1) is 0 Å². The Hall–Kier alpha value is -2.42. The van der Waals surface area contributed by atoms with Crippen molar-refractivity contribution in [1.29, 1.82) is 0 Å². The van der Waals surface area contributed by atoms with Gasteiger partial charge in [0.05, 0.1) is 5.02 Å². The third kappa shape index (κ3) is 4.29. The van der Waals surface area contributed by atoms with E-state index in [9.17, 15) is 18.0 Å². The highest BCUT2D eigenvalue weighted by atomic mass is 35.5. The Balaban J connectivity index is 1.80. The van der Waals surface area contributed by atoms with Gasteiger partial charge in [0.15, 0.2) is 0 Å². The molecule has 29 heavy (non-hydrogen) atoms. The third-order valence-electron chi connectivity index (χ3n) is 5.19. The van der Waals surface area contributed by atoms with Gasteiger partial charge in [0, 0.05) is 29.3 Å². The predicted molar refractivity (Wildman–Crippen MR) is 110 cm³/mol. The third-order valence-corrected chi connectivity index (χ3v) is 6.59. The van der Waals surface area contributed by atoms with Gasteiger partial charge in [-0.3, -0.25) is 9.59 Å². The minimum atomic E-state index is -3.95. The number of carbonyl (C=O) groups excluding carboxylic acids is 1. The van der Waals surface area contributed by atoms with Crippen molar-refractivity contribution < 1.29 is 13.2 Å². The lowest BCUT2D eigenvalue weighted by molar-refractivity contribution is -0.119. The molecule has 1 saturated carbocycles. The minimum Gasteiger partial charge on any atom is -0.350 e. The Labute approximate surface area is 173 Å². The molecule has 1 saturated heterocycles. The summed E-state index contributed by atoms with van der Waals surface area (Å²) < 4.78 is 23.3. The van der Waals surface area contributed by atoms with Crippen molar-refractivity contribution in [3.63, 3.8) is 0 Å². The Kier molecular flexibility index (Phi) is 5.10. The molecule has 2 fully saturated rings. The standard InChI is InChI=1S/C20H20ClN3O4S/c21-16-9-12(3-7-18(16)29(22,27)28)15(10-13-4-8-19(25)23-13)17-6-5-14(11-1-2-11)20(26)24-17/h3,5-7,9-11,13H,1-2,4,8H2,(H,23,25)(H,24,26)(H2,22,27,28)/t13-/m1/s1. The van der Waals surface area contributed by atoms with Crippen molar-refractivity contribution in [2.45, 2.75) is 42.5 Å². The molecule has 4 rings (SSSR count). The molecular formula is C20H20ClN3O4S. The van der Waals surface area contributed by atoms with Crippen LogP contribution in [0.15, 0.2) is 46.1 Å². The van der Waals surface area contributed by atoms with Crippen LogP contribution in [-0.2, 0) is 14.8 Å². The lowest BCUT2D eigenvalue weighted by atomic mass is 9.98. The maximum atomic E-state index is 12.5. The summed E-state index contributed by atoms with van der Waals surface area (Å²) in [5.74, 6) is 0.281. The van der Waals surface area contributed by atoms with Crippen LogP contribution in [0.3, 0.4) is 0 Å². The normalized spacial score (nSPS) is 20.0. The number of sulfonamides is 1. The van der Waals surface area contributed by atoms with Crippen molar-refractivity contribution in [2.24, 2.45) is 5.14 Å². The van der Waals surface area contributed by atoms with Gasteiger partial charge in [-0.25, -0.2) is 13.6 Å². The van der Waals surface area contributed by atoms with Crippen molar-refractivity contribution in [1.82, 2.24) is 10.3 Å². The van der Waals surface area contributed by atoms with Crippen LogP contribution in [0.2, 0.25) is 5.02 Å². The number of halogens is 1. The number of amides is 1. The first-order chi connectivity index (χ1) is 13.7. The van der Waals surface area contributed by atoms with E-state index in [-0.39, 0.29) is 27.4 Å². The number of H-pyrrole nitrogens is 1. The largest absolute Gasteiger partial charge is 0.350 e. The van der Waals surface area contributed by atoms with Gasteiger partial charge in [0.25, 0.3) is 5.56 Å². The molecule has 2 heterocycles. The maximum absolute atomic E-state index is 12.5. The van der Waals surface area contributed by atoms with Gasteiger partial charge >= 0.3 is 0 Å². The minimum absolute atomic E-state index is 0.0108. The van der Waals surface area contributed by atoms with E-state index in [1.54, 1.807) is 6.07 Å². The zero-order valence-corrected chi connectivity index (χ0v) is 17.0. The molecule has 1 atom stereocenters. The van der Waals surface area contributed by atoms with Crippen molar-refractivity contribution in [3.05, 3.63) is 68.6 Å². The summed E-state index contributed by atoms with van der Waals surface area (Å²) >= 11 is 6.16. The average Bonchev–Trinajstić information content (AvgIpc) is 3.40. The molecule has 0 radical (unpaired) electrons. The molecule has 2 aliphatic rings. The molecule has 9 heteroatoms. The van der Waals surface area contributed by atoms with Crippen LogP contribution in [0.1, 0.15) is 48.4 Å². The number of hydrogen-bond donors (Lipinski definition) is 3. The van der Waals surface area contributed by atoms with Gasteiger partial charge in [-0.2, -0.15) is 0 Å². The predicted octanol–water partition coefficient (Wildman–Crippen LogP) is 2.26. The number of aromatic amines is 1. The summed E-state index contributed by atoms with van der Waals surface area (Å²) in [4.78, 5) is 26.9. The zero-order chi connectivity index (χ0) is 20.8. The lowest BCUT2D eigenvalue weighted by Gasteiger charge is -2.14. The fraction of sp³-hybridized carbons (Fsp3) is 0.300. The first-order valence-corrected chi connectivity index (χ1v) is 11.2. The van der Waals surface area contributed by atoms with Gasteiger partial charge in [0.2, 0.25) is 15.9 Å². The quantitative estimate of drug-likeness (QED) is 0.669. The molecule has 1 aliphatic heterocycles. The van der Waals surface area contributed by atoms with Crippen LogP contribution in [0.4, 0.5) is 0 Å². The molecular weight excluding hydrogens is 414 g/mol. The van der Waals surface area contributed by atoms with Crippen LogP contribution < -0.4 is 16.0 Å². The molecule has 152 valence electrons. The van der Waals surface area contributed by atoms with Crippen molar-refractivity contribution in [3.8, 4) is 0 Å². The van der Waals surface area contributed by atoms with Crippen molar-refractivity contribution >= 4 is 33.1 Å². The first-order valence-electron chi connectivity index (χ1n) is 9.30. The Bertz CT molecular complexity index is 1180. The number of nitrogens with one attached hydrogen (secondary N) is 2. The van der Waals surface area contributed by atoms with Crippen LogP contribution >= 0.6 is 11.6 Å². The van der Waals surface area contributed by atoms with Gasteiger partial charge in [0.1, 0.15) is 4.90 Å². The highest BCUT2D eigenvalue weighted by molar-refractivity contribution is 7.89. The van der Waals surface area contributed by atoms with Gasteiger partial charge < -0.3 is 10.3 Å². The fourth-order valence-corrected chi connectivity index (χ4v) is 4.65. The number of rotatable bonds is 5. The number of aromatic nitrogens is 1. The molecule has 1 aliphatic carbocycles. The second kappa shape index (κ2) is 7.44. The fourth-order valence-electron chi connectivity index (χ4n) is 3.56. The smallest absolute Gasteiger partial charge is 0.251 e. The molecule has 0 bridgehead atoms. The van der Waals surface area contributed by atoms with Crippen LogP contribution in [0.5, 0.6) is 0 Å². The number of hydrogen-bond acceptors (Lipinski definition) is 4. The summed E-state index contributed by atoms with van der Waals surface area (Å²) in [5.41, 5.74) is 2.46. The Morgan fingerprint density at radius 3 is 2.45 bits per heavy atom. The van der Waals surface area contributed by atoms with E-state index in [2.05, 4.69) is 10.3 Å². The maximum Gasteiger partial charge on any atom is 0.251 e. The van der Waals surface area contributed by atoms with E-state index in [4.69, 9.17) is 16.7 Å². The second-order valence-electron chi connectivity index (χ2n) is 7.41. The number of pyridine rings is 1. The van der Waals surface area contributed by atoms with Crippen LogP contribution in [0.25, 0.3) is 5.57 Å². The van der Waals surface area contributed by atoms with E-state index in [1.807, 2.05) is 18.2 Å². The van der Waals surface area contributed by atoms with Crippen LogP contribution in [-0.4, -0.2) is 25.4 Å². The topological polar surface area (TPSA) is 122 Å². The highest BCUT2D eigenvalue weighted by Crippen LogP contribution is 2.38. The Morgan fingerprint density at radius 1 is 1.14 bits per heavy atom. The number of carbonyl (C=O) groups is 1. The Morgan fingerprint density at radius 2 is 1.90 bits per heavy atom. The number of benzene rings is 1. The molecule has 4 N–H and O–H groups in total. The number of primary sulfonamides is 1. The number of nitrogens with two attached hydrogens (primary N) is 1. The summed E-state index contributed by atoms with van der Waals surface area (Å²) in [6.45, 7) is 0. The monoisotopic (exact) mass is 433 g/mol. The van der Waals surface area contributed by atoms with E-state index in [0.29, 0.717) is 35.6 Å². The zero-order valence-electron chi connectivity index (χ0n) is 15.4. The molecule has 7 nitrogen and oxygen atoms in total. The van der Waals surface area contributed by atoms with E-state index in [1.165, 1.54) is 12.1 Å².